The molecule has 1 aromatic rings. The van der Waals surface area contributed by atoms with Crippen LogP contribution in [-0.4, -0.2) is 20.4 Å². The number of alkyl halides is 3. The highest BCUT2D eigenvalue weighted by atomic mass is 35.6. The van der Waals surface area contributed by atoms with Gasteiger partial charge in [0.2, 0.25) is 3.79 Å². The zero-order valence-corrected chi connectivity index (χ0v) is 12.1. The summed E-state index contributed by atoms with van der Waals surface area (Å²) in [5.74, 6) is -0.655. The Morgan fingerprint density at radius 2 is 1.83 bits per heavy atom. The first-order valence-corrected chi connectivity index (χ1v) is 6.45. The molecule has 0 aliphatic rings. The maximum atomic E-state index is 11.5. The first-order chi connectivity index (χ1) is 8.21. The zero-order chi connectivity index (χ0) is 13.8. The van der Waals surface area contributed by atoms with E-state index in [2.05, 4.69) is 5.32 Å². The van der Waals surface area contributed by atoms with Crippen molar-refractivity contribution in [1.29, 1.82) is 0 Å². The highest BCUT2D eigenvalue weighted by Crippen LogP contribution is 2.30. The molecule has 0 fully saturated rings. The van der Waals surface area contributed by atoms with E-state index in [0.717, 1.165) is 5.56 Å². The lowest BCUT2D eigenvalue weighted by Crippen LogP contribution is -2.45. The van der Waals surface area contributed by atoms with E-state index in [9.17, 15) is 9.90 Å². The molecule has 0 bridgehead atoms. The molecule has 1 rings (SSSR count). The predicted octanol–water partition coefficient (Wildman–Crippen LogP) is 2.81. The molecular formula is C12H14Cl3NO2. The van der Waals surface area contributed by atoms with Gasteiger partial charge >= 0.3 is 0 Å². The number of carbonyl (C=O) groups is 1. The fraction of sp³-hybridized carbons (Fsp3) is 0.417. The fourth-order valence-corrected chi connectivity index (χ4v) is 1.56. The van der Waals surface area contributed by atoms with Crippen LogP contribution in [0.1, 0.15) is 18.9 Å². The van der Waals surface area contributed by atoms with Gasteiger partial charge in [0.05, 0.1) is 6.42 Å². The molecule has 0 aromatic heterocycles. The van der Waals surface area contributed by atoms with Crippen molar-refractivity contribution in [2.24, 2.45) is 0 Å². The molecule has 0 heterocycles. The molecule has 1 unspecified atom stereocenters. The SMILES string of the molecule is CC(O)(CC(=O)C(Cl)(Cl)Cl)NCc1ccccc1. The number of aliphatic hydroxyl groups is 1. The van der Waals surface area contributed by atoms with Gasteiger partial charge in [-0.05, 0) is 12.5 Å². The number of carbonyl (C=O) groups excluding carboxylic acids is 1. The minimum Gasteiger partial charge on any atom is -0.376 e. The average Bonchev–Trinajstić information content (AvgIpc) is 2.26. The highest BCUT2D eigenvalue weighted by Gasteiger charge is 2.35. The first kappa shape index (κ1) is 15.7. The third kappa shape index (κ3) is 5.55. The van der Waals surface area contributed by atoms with Crippen LogP contribution in [0.5, 0.6) is 0 Å². The summed E-state index contributed by atoms with van der Waals surface area (Å²) in [6, 6.07) is 9.48. The van der Waals surface area contributed by atoms with Crippen molar-refractivity contribution < 1.29 is 9.90 Å². The zero-order valence-electron chi connectivity index (χ0n) is 9.79. The molecule has 0 saturated heterocycles. The van der Waals surface area contributed by atoms with Gasteiger partial charge in [-0.1, -0.05) is 65.1 Å². The van der Waals surface area contributed by atoms with E-state index < -0.39 is 15.3 Å². The minimum atomic E-state index is -2.00. The summed E-state index contributed by atoms with van der Waals surface area (Å²) in [6.07, 6.45) is -0.281. The quantitative estimate of drug-likeness (QED) is 0.649. The number of Topliss-reactive ketones (excluding diaryl/α,β-unsaturated/α-hetero) is 1. The van der Waals surface area contributed by atoms with Gasteiger partial charge in [-0.2, -0.15) is 0 Å². The number of ketones is 1. The Hall–Kier alpha value is -0.320. The van der Waals surface area contributed by atoms with E-state index in [4.69, 9.17) is 34.8 Å². The van der Waals surface area contributed by atoms with Gasteiger partial charge in [-0.15, -0.1) is 0 Å². The lowest BCUT2D eigenvalue weighted by atomic mass is 10.1. The lowest BCUT2D eigenvalue weighted by Gasteiger charge is -2.25. The Balaban J connectivity index is 2.53. The van der Waals surface area contributed by atoms with E-state index in [1.165, 1.54) is 6.92 Å². The molecule has 0 aliphatic heterocycles. The number of halogens is 3. The Kier molecular flexibility index (Phi) is 5.44. The summed E-state index contributed by atoms with van der Waals surface area (Å²) in [7, 11) is 0. The standard InChI is InChI=1S/C12H14Cl3NO2/c1-11(18,7-10(17)12(13,14)15)16-8-9-5-3-2-4-6-9/h2-6,16,18H,7-8H2,1H3. The van der Waals surface area contributed by atoms with Crippen molar-refractivity contribution in [2.45, 2.75) is 29.4 Å². The fourth-order valence-electron chi connectivity index (χ4n) is 1.36. The third-order valence-electron chi connectivity index (χ3n) is 2.34. The number of rotatable bonds is 5. The third-order valence-corrected chi connectivity index (χ3v) is 2.97. The Labute approximate surface area is 121 Å². The molecule has 0 saturated carbocycles. The van der Waals surface area contributed by atoms with Gasteiger partial charge in [0.25, 0.3) is 0 Å². The Morgan fingerprint density at radius 3 is 2.33 bits per heavy atom. The van der Waals surface area contributed by atoms with E-state index in [0.29, 0.717) is 6.54 Å². The monoisotopic (exact) mass is 309 g/mol. The summed E-state index contributed by atoms with van der Waals surface area (Å²) in [6.45, 7) is 1.88. The normalized spacial score (nSPS) is 15.2. The van der Waals surface area contributed by atoms with Crippen LogP contribution >= 0.6 is 34.8 Å². The molecule has 1 atom stereocenters. The minimum absolute atomic E-state index is 0.281. The number of hydrogen-bond acceptors (Lipinski definition) is 3. The van der Waals surface area contributed by atoms with E-state index in [1.807, 2.05) is 30.3 Å². The maximum absolute atomic E-state index is 11.5. The molecule has 0 radical (unpaired) electrons. The van der Waals surface area contributed by atoms with Crippen LogP contribution in [0.3, 0.4) is 0 Å². The predicted molar refractivity (Wildman–Crippen MR) is 73.8 cm³/mol. The first-order valence-electron chi connectivity index (χ1n) is 5.32. The molecule has 0 aliphatic carbocycles. The van der Waals surface area contributed by atoms with Crippen molar-refractivity contribution in [1.82, 2.24) is 5.32 Å². The van der Waals surface area contributed by atoms with Gasteiger partial charge in [0.1, 0.15) is 5.72 Å². The van der Waals surface area contributed by atoms with Crippen molar-refractivity contribution in [3.05, 3.63) is 35.9 Å². The van der Waals surface area contributed by atoms with Gasteiger partial charge in [-0.3, -0.25) is 10.1 Å². The van der Waals surface area contributed by atoms with Crippen LogP contribution in [0.15, 0.2) is 30.3 Å². The molecule has 1 aromatic carbocycles. The Morgan fingerprint density at radius 1 is 1.28 bits per heavy atom. The summed E-state index contributed by atoms with van der Waals surface area (Å²) in [5, 5.41) is 12.8. The second-order valence-electron chi connectivity index (χ2n) is 4.21. The molecule has 3 nitrogen and oxygen atoms in total. The van der Waals surface area contributed by atoms with Crippen molar-refractivity contribution in [3.63, 3.8) is 0 Å². The van der Waals surface area contributed by atoms with E-state index >= 15 is 0 Å². The largest absolute Gasteiger partial charge is 0.376 e. The van der Waals surface area contributed by atoms with E-state index in [-0.39, 0.29) is 6.42 Å². The van der Waals surface area contributed by atoms with Crippen LogP contribution < -0.4 is 5.32 Å². The number of benzene rings is 1. The second-order valence-corrected chi connectivity index (χ2v) is 6.49. The van der Waals surface area contributed by atoms with Crippen LogP contribution in [0.2, 0.25) is 0 Å². The van der Waals surface area contributed by atoms with Gasteiger partial charge < -0.3 is 5.11 Å². The summed E-state index contributed by atoms with van der Waals surface area (Å²) in [4.78, 5) is 11.5. The van der Waals surface area contributed by atoms with Crippen LogP contribution in [0.4, 0.5) is 0 Å². The number of hydrogen-bond donors (Lipinski definition) is 2. The molecule has 100 valence electrons. The molecule has 0 amide bonds. The smallest absolute Gasteiger partial charge is 0.248 e. The lowest BCUT2D eigenvalue weighted by molar-refractivity contribution is -0.123. The van der Waals surface area contributed by atoms with Gasteiger partial charge in [0, 0.05) is 6.54 Å². The molecule has 18 heavy (non-hydrogen) atoms. The van der Waals surface area contributed by atoms with Gasteiger partial charge in [-0.25, -0.2) is 0 Å². The highest BCUT2D eigenvalue weighted by molar-refractivity contribution is 6.76. The topological polar surface area (TPSA) is 49.3 Å². The summed E-state index contributed by atoms with van der Waals surface area (Å²) < 4.78 is -2.00. The van der Waals surface area contributed by atoms with Crippen molar-refractivity contribution in [2.75, 3.05) is 0 Å². The van der Waals surface area contributed by atoms with Crippen LogP contribution in [-0.2, 0) is 11.3 Å². The van der Waals surface area contributed by atoms with Gasteiger partial charge in [0.15, 0.2) is 5.78 Å². The van der Waals surface area contributed by atoms with Crippen molar-refractivity contribution >= 4 is 40.6 Å². The maximum Gasteiger partial charge on any atom is 0.248 e. The molecular weight excluding hydrogens is 296 g/mol. The summed E-state index contributed by atoms with van der Waals surface area (Å²) >= 11 is 16.3. The summed E-state index contributed by atoms with van der Waals surface area (Å²) in [5.41, 5.74) is -0.435. The van der Waals surface area contributed by atoms with Crippen molar-refractivity contribution in [3.8, 4) is 0 Å². The Bertz CT molecular complexity index is 402. The second kappa shape index (κ2) is 6.22. The van der Waals surface area contributed by atoms with E-state index in [1.54, 1.807) is 0 Å². The van der Waals surface area contributed by atoms with Crippen LogP contribution in [0.25, 0.3) is 0 Å². The molecule has 6 heteroatoms. The van der Waals surface area contributed by atoms with Crippen LogP contribution in [0, 0.1) is 0 Å². The molecule has 2 N–H and O–H groups in total. The molecule has 0 spiro atoms. The number of nitrogens with one attached hydrogen (secondary N) is 1. The average molecular weight is 311 g/mol.